The van der Waals surface area contributed by atoms with Crippen LogP contribution in [-0.4, -0.2) is 10.9 Å². The van der Waals surface area contributed by atoms with Crippen molar-refractivity contribution >= 4 is 17.3 Å². The van der Waals surface area contributed by atoms with Crippen LogP contribution in [0.2, 0.25) is 0 Å². The van der Waals surface area contributed by atoms with E-state index in [2.05, 4.69) is 17.2 Å². The largest absolute Gasteiger partial charge is 0.396 e. The van der Waals surface area contributed by atoms with Crippen molar-refractivity contribution in [2.45, 2.75) is 26.7 Å². The van der Waals surface area contributed by atoms with Gasteiger partial charge in [-0.2, -0.15) is 0 Å². The Morgan fingerprint density at radius 2 is 2.40 bits per heavy atom. The first kappa shape index (κ1) is 11.5. The number of carbonyl (C=O) groups is 1. The van der Waals surface area contributed by atoms with Crippen molar-refractivity contribution in [2.75, 3.05) is 11.1 Å². The van der Waals surface area contributed by atoms with Crippen LogP contribution in [0.1, 0.15) is 26.7 Å². The second-order valence-corrected chi connectivity index (χ2v) is 3.64. The average Bonchev–Trinajstić information content (AvgIpc) is 2.21. The van der Waals surface area contributed by atoms with Gasteiger partial charge in [-0.05, 0) is 12.5 Å². The number of nitrogen functional groups attached to an aromatic ring is 1. The number of nitrogens with one attached hydrogen (secondary N) is 1. The van der Waals surface area contributed by atoms with Crippen molar-refractivity contribution < 1.29 is 4.79 Å². The number of anilines is 2. The molecule has 4 heteroatoms. The molecule has 4 nitrogen and oxygen atoms in total. The van der Waals surface area contributed by atoms with Crippen molar-refractivity contribution in [1.29, 1.82) is 0 Å². The molecule has 15 heavy (non-hydrogen) atoms. The Bertz CT molecular complexity index is 338. The second-order valence-electron chi connectivity index (χ2n) is 3.64. The van der Waals surface area contributed by atoms with Gasteiger partial charge in [0.2, 0.25) is 5.91 Å². The molecule has 3 N–H and O–H groups in total. The number of aromatic nitrogens is 1. The SMILES string of the molecule is CCCC(C)C(=O)Nc1ccncc1N. The van der Waals surface area contributed by atoms with E-state index in [1.807, 2.05) is 6.92 Å². The predicted octanol–water partition coefficient (Wildman–Crippen LogP) is 2.04. The van der Waals surface area contributed by atoms with E-state index in [1.54, 1.807) is 12.3 Å². The summed E-state index contributed by atoms with van der Waals surface area (Å²) in [5, 5.41) is 2.79. The Morgan fingerprint density at radius 1 is 1.67 bits per heavy atom. The highest BCUT2D eigenvalue weighted by molar-refractivity contribution is 5.94. The highest BCUT2D eigenvalue weighted by Crippen LogP contribution is 2.17. The van der Waals surface area contributed by atoms with E-state index in [4.69, 9.17) is 5.73 Å². The van der Waals surface area contributed by atoms with Gasteiger partial charge in [-0.1, -0.05) is 20.3 Å². The van der Waals surface area contributed by atoms with Gasteiger partial charge in [-0.15, -0.1) is 0 Å². The van der Waals surface area contributed by atoms with Gasteiger partial charge >= 0.3 is 0 Å². The molecule has 1 atom stereocenters. The molecule has 0 saturated carbocycles. The van der Waals surface area contributed by atoms with Crippen molar-refractivity contribution in [3.05, 3.63) is 18.5 Å². The Kier molecular flexibility index (Phi) is 4.09. The fourth-order valence-corrected chi connectivity index (χ4v) is 1.34. The molecule has 0 aliphatic heterocycles. The summed E-state index contributed by atoms with van der Waals surface area (Å²) in [7, 11) is 0. The Morgan fingerprint density at radius 3 is 3.00 bits per heavy atom. The van der Waals surface area contributed by atoms with Crippen LogP contribution in [0.15, 0.2) is 18.5 Å². The van der Waals surface area contributed by atoms with E-state index < -0.39 is 0 Å². The highest BCUT2D eigenvalue weighted by Gasteiger charge is 2.12. The Labute approximate surface area is 89.9 Å². The van der Waals surface area contributed by atoms with E-state index in [-0.39, 0.29) is 11.8 Å². The summed E-state index contributed by atoms with van der Waals surface area (Å²) >= 11 is 0. The molecule has 0 radical (unpaired) electrons. The number of nitrogens with two attached hydrogens (primary N) is 1. The lowest BCUT2D eigenvalue weighted by Crippen LogP contribution is -2.20. The average molecular weight is 207 g/mol. The summed E-state index contributed by atoms with van der Waals surface area (Å²) in [6, 6.07) is 1.70. The molecule has 1 aromatic rings. The third-order valence-electron chi connectivity index (χ3n) is 2.28. The molecule has 1 amide bonds. The van der Waals surface area contributed by atoms with Crippen molar-refractivity contribution in [2.24, 2.45) is 5.92 Å². The van der Waals surface area contributed by atoms with E-state index in [1.165, 1.54) is 6.20 Å². The fourth-order valence-electron chi connectivity index (χ4n) is 1.34. The number of rotatable bonds is 4. The van der Waals surface area contributed by atoms with Crippen LogP contribution in [0, 0.1) is 5.92 Å². The molecule has 1 unspecified atom stereocenters. The standard InChI is InChI=1S/C11H17N3O/c1-3-4-8(2)11(15)14-10-5-6-13-7-9(10)12/h5-8H,3-4,12H2,1-2H3,(H,13,14,15). The Balaban J connectivity index is 2.62. The summed E-state index contributed by atoms with van der Waals surface area (Å²) in [5.41, 5.74) is 6.80. The first-order chi connectivity index (χ1) is 7.15. The molecular weight excluding hydrogens is 190 g/mol. The second kappa shape index (κ2) is 5.34. The highest BCUT2D eigenvalue weighted by atomic mass is 16.1. The van der Waals surface area contributed by atoms with Crippen LogP contribution < -0.4 is 11.1 Å². The van der Waals surface area contributed by atoms with Crippen molar-refractivity contribution in [1.82, 2.24) is 4.98 Å². The van der Waals surface area contributed by atoms with Crippen molar-refractivity contribution in [3.63, 3.8) is 0 Å². The minimum Gasteiger partial charge on any atom is -0.396 e. The molecule has 0 aliphatic rings. The van der Waals surface area contributed by atoms with Crippen molar-refractivity contribution in [3.8, 4) is 0 Å². The van der Waals surface area contributed by atoms with Gasteiger partial charge in [-0.25, -0.2) is 0 Å². The summed E-state index contributed by atoms with van der Waals surface area (Å²) < 4.78 is 0. The number of hydrogen-bond acceptors (Lipinski definition) is 3. The topological polar surface area (TPSA) is 68.0 Å². The molecule has 1 aromatic heterocycles. The summed E-state index contributed by atoms with van der Waals surface area (Å²) in [4.78, 5) is 15.5. The minimum atomic E-state index is 0.00903. The van der Waals surface area contributed by atoms with Crippen LogP contribution in [-0.2, 0) is 4.79 Å². The fraction of sp³-hybridized carbons (Fsp3) is 0.455. The zero-order valence-electron chi connectivity index (χ0n) is 9.16. The maximum Gasteiger partial charge on any atom is 0.227 e. The maximum atomic E-state index is 11.7. The third-order valence-corrected chi connectivity index (χ3v) is 2.28. The molecule has 1 rings (SSSR count). The third kappa shape index (κ3) is 3.23. The van der Waals surface area contributed by atoms with Gasteiger partial charge in [0.05, 0.1) is 17.6 Å². The summed E-state index contributed by atoms with van der Waals surface area (Å²) in [6.07, 6.45) is 5.02. The van der Waals surface area contributed by atoms with Gasteiger partial charge in [0.15, 0.2) is 0 Å². The quantitative estimate of drug-likeness (QED) is 0.793. The summed E-state index contributed by atoms with van der Waals surface area (Å²) in [6.45, 7) is 3.97. The predicted molar refractivity (Wildman–Crippen MR) is 61.4 cm³/mol. The summed E-state index contributed by atoms with van der Waals surface area (Å²) in [5.74, 6) is 0.0253. The lowest BCUT2D eigenvalue weighted by molar-refractivity contribution is -0.119. The molecule has 0 bridgehead atoms. The zero-order valence-corrected chi connectivity index (χ0v) is 9.16. The van der Waals surface area contributed by atoms with E-state index in [9.17, 15) is 4.79 Å². The number of amides is 1. The molecular formula is C11H17N3O. The van der Waals surface area contributed by atoms with E-state index in [0.29, 0.717) is 11.4 Å². The number of nitrogens with zero attached hydrogens (tertiary/aromatic N) is 1. The number of pyridine rings is 1. The van der Waals surface area contributed by atoms with Crippen LogP contribution in [0.3, 0.4) is 0 Å². The van der Waals surface area contributed by atoms with Gasteiger partial charge in [0.25, 0.3) is 0 Å². The van der Waals surface area contributed by atoms with Gasteiger partial charge in [0, 0.05) is 12.1 Å². The monoisotopic (exact) mass is 207 g/mol. The minimum absolute atomic E-state index is 0.00903. The zero-order chi connectivity index (χ0) is 11.3. The van der Waals surface area contributed by atoms with E-state index in [0.717, 1.165) is 12.8 Å². The maximum absolute atomic E-state index is 11.7. The molecule has 0 fully saturated rings. The molecule has 1 heterocycles. The normalized spacial score (nSPS) is 12.1. The first-order valence-corrected chi connectivity index (χ1v) is 5.15. The first-order valence-electron chi connectivity index (χ1n) is 5.15. The molecule has 0 aromatic carbocycles. The van der Waals surface area contributed by atoms with Crippen LogP contribution in [0.25, 0.3) is 0 Å². The van der Waals surface area contributed by atoms with Gasteiger partial charge < -0.3 is 11.1 Å². The van der Waals surface area contributed by atoms with Crippen LogP contribution >= 0.6 is 0 Å². The Hall–Kier alpha value is -1.58. The van der Waals surface area contributed by atoms with Crippen LogP contribution in [0.4, 0.5) is 11.4 Å². The van der Waals surface area contributed by atoms with Crippen LogP contribution in [0.5, 0.6) is 0 Å². The number of hydrogen-bond donors (Lipinski definition) is 2. The molecule has 0 spiro atoms. The molecule has 0 saturated heterocycles. The van der Waals surface area contributed by atoms with Gasteiger partial charge in [0.1, 0.15) is 0 Å². The van der Waals surface area contributed by atoms with Gasteiger partial charge in [-0.3, -0.25) is 9.78 Å². The lowest BCUT2D eigenvalue weighted by Gasteiger charge is -2.12. The number of carbonyl (C=O) groups excluding carboxylic acids is 1. The smallest absolute Gasteiger partial charge is 0.227 e. The molecule has 82 valence electrons. The lowest BCUT2D eigenvalue weighted by atomic mass is 10.1. The van der Waals surface area contributed by atoms with E-state index >= 15 is 0 Å². The molecule has 0 aliphatic carbocycles.